The molecule has 0 spiro atoms. The molecule has 1 aromatic heterocycles. The topological polar surface area (TPSA) is 79.6 Å². The van der Waals surface area contributed by atoms with E-state index < -0.39 is 11.6 Å². The lowest BCUT2D eigenvalue weighted by atomic mass is 9.80. The summed E-state index contributed by atoms with van der Waals surface area (Å²) < 4.78 is 7.26. The van der Waals surface area contributed by atoms with Crippen molar-refractivity contribution >= 4 is 41.8 Å². The Balaban J connectivity index is 0.00000289. The predicted octanol–water partition coefficient (Wildman–Crippen LogP) is 4.30. The fourth-order valence-electron chi connectivity index (χ4n) is 4.92. The summed E-state index contributed by atoms with van der Waals surface area (Å²) in [4.78, 5) is 20.9. The minimum Gasteiger partial charge on any atom is -0.391 e. The van der Waals surface area contributed by atoms with Gasteiger partial charge in [-0.25, -0.2) is 4.98 Å². The molecular weight excluding hydrogens is 475 g/mol. The van der Waals surface area contributed by atoms with Crippen molar-refractivity contribution in [1.82, 2.24) is 19.8 Å². The van der Waals surface area contributed by atoms with E-state index in [9.17, 15) is 9.90 Å². The molecule has 1 aromatic carbocycles. The van der Waals surface area contributed by atoms with Crippen molar-refractivity contribution in [2.75, 3.05) is 33.4 Å². The molecule has 7 nitrogen and oxygen atoms in total. The summed E-state index contributed by atoms with van der Waals surface area (Å²) in [5.74, 6) is 0.664. The number of benzene rings is 1. The highest BCUT2D eigenvalue weighted by molar-refractivity contribution is 5.95. The van der Waals surface area contributed by atoms with Gasteiger partial charge in [-0.1, -0.05) is 32.9 Å². The Kier molecular flexibility index (Phi) is 12.8. The van der Waals surface area contributed by atoms with Gasteiger partial charge in [0, 0.05) is 33.4 Å². The summed E-state index contributed by atoms with van der Waals surface area (Å²) in [6.07, 6.45) is 3.58. The van der Waals surface area contributed by atoms with Gasteiger partial charge in [-0.3, -0.25) is 4.79 Å². The third kappa shape index (κ3) is 6.64. The number of aryl methyl sites for hydroxylation is 1. The second kappa shape index (κ2) is 14.2. The number of hydrogen-bond donors (Lipinski definition) is 2. The number of imidazole rings is 1. The second-order valence-electron chi connectivity index (χ2n) is 9.39. The standard InChI is InChI=1S/C25H40N4O3.2ClH/c1-5-22(30)25(13-10-14-26-18-25)29(17-19(2)3)24(31)23-27-20-11-6-7-12-21(20)28(23)15-8-9-16-32-4;;/h6-7,11-12,19,22,26,30H,5,8-10,13-18H2,1-4H3;2*1H/t22-,25+;;/m0../s1. The van der Waals surface area contributed by atoms with E-state index in [1.807, 2.05) is 36.1 Å². The number of carbonyl (C=O) groups excluding carboxylic acids is 1. The molecule has 0 bridgehead atoms. The van der Waals surface area contributed by atoms with E-state index in [0.29, 0.717) is 38.5 Å². The Morgan fingerprint density at radius 3 is 2.65 bits per heavy atom. The third-order valence-electron chi connectivity index (χ3n) is 6.56. The molecule has 194 valence electrons. The number of aliphatic hydroxyl groups is 1. The molecule has 34 heavy (non-hydrogen) atoms. The van der Waals surface area contributed by atoms with Gasteiger partial charge >= 0.3 is 0 Å². The summed E-state index contributed by atoms with van der Waals surface area (Å²) in [7, 11) is 1.71. The van der Waals surface area contributed by atoms with Crippen LogP contribution in [0, 0.1) is 5.92 Å². The quantitative estimate of drug-likeness (QED) is 0.435. The summed E-state index contributed by atoms with van der Waals surface area (Å²) in [5, 5.41) is 14.6. The van der Waals surface area contributed by atoms with Gasteiger partial charge in [0.05, 0.1) is 22.7 Å². The van der Waals surface area contributed by atoms with Crippen LogP contribution in [0.3, 0.4) is 0 Å². The predicted molar refractivity (Wildman–Crippen MR) is 142 cm³/mol. The Morgan fingerprint density at radius 1 is 1.29 bits per heavy atom. The molecule has 1 aliphatic heterocycles. The highest BCUT2D eigenvalue weighted by atomic mass is 35.5. The second-order valence-corrected chi connectivity index (χ2v) is 9.39. The van der Waals surface area contributed by atoms with Crippen LogP contribution in [-0.4, -0.2) is 70.5 Å². The lowest BCUT2D eigenvalue weighted by Crippen LogP contribution is -2.66. The van der Waals surface area contributed by atoms with E-state index in [1.54, 1.807) is 7.11 Å². The van der Waals surface area contributed by atoms with Gasteiger partial charge in [0.25, 0.3) is 5.91 Å². The van der Waals surface area contributed by atoms with Crippen LogP contribution in [0.1, 0.15) is 63.5 Å². The molecule has 2 aromatic rings. The summed E-state index contributed by atoms with van der Waals surface area (Å²) in [6.45, 7) is 9.75. The van der Waals surface area contributed by atoms with Gasteiger partial charge in [-0.15, -0.1) is 24.8 Å². The number of unbranched alkanes of at least 4 members (excludes halogenated alkanes) is 1. The van der Waals surface area contributed by atoms with Crippen molar-refractivity contribution in [3.05, 3.63) is 30.1 Å². The van der Waals surface area contributed by atoms with Crippen LogP contribution in [0.4, 0.5) is 0 Å². The molecule has 2 N–H and O–H groups in total. The summed E-state index contributed by atoms with van der Waals surface area (Å²) in [5.41, 5.74) is 1.19. The fraction of sp³-hybridized carbons (Fsp3) is 0.680. The molecule has 1 fully saturated rings. The lowest BCUT2D eigenvalue weighted by molar-refractivity contribution is -0.0408. The number of nitrogens with zero attached hydrogens (tertiary/aromatic N) is 3. The summed E-state index contributed by atoms with van der Waals surface area (Å²) >= 11 is 0. The van der Waals surface area contributed by atoms with Gasteiger partial charge in [0.15, 0.2) is 5.82 Å². The van der Waals surface area contributed by atoms with E-state index in [0.717, 1.165) is 43.3 Å². The zero-order valence-electron chi connectivity index (χ0n) is 21.0. The van der Waals surface area contributed by atoms with Crippen molar-refractivity contribution in [3.63, 3.8) is 0 Å². The Hall–Kier alpha value is -1.38. The number of para-hydroxylation sites is 2. The van der Waals surface area contributed by atoms with Crippen molar-refractivity contribution in [2.24, 2.45) is 5.92 Å². The molecule has 1 saturated heterocycles. The molecular formula is C25H42Cl2N4O3. The van der Waals surface area contributed by atoms with E-state index >= 15 is 0 Å². The maximum absolute atomic E-state index is 14.2. The average Bonchev–Trinajstić information content (AvgIpc) is 3.18. The Labute approximate surface area is 216 Å². The first-order chi connectivity index (χ1) is 15.4. The van der Waals surface area contributed by atoms with E-state index in [2.05, 4.69) is 23.7 Å². The molecule has 2 atom stereocenters. The number of fused-ring (bicyclic) bond motifs is 1. The van der Waals surface area contributed by atoms with Crippen LogP contribution < -0.4 is 5.32 Å². The first-order valence-electron chi connectivity index (χ1n) is 12.1. The third-order valence-corrected chi connectivity index (χ3v) is 6.56. The number of aromatic nitrogens is 2. The number of carbonyl (C=O) groups is 1. The number of aliphatic hydroxyl groups excluding tert-OH is 1. The first-order valence-corrected chi connectivity index (χ1v) is 12.1. The molecule has 9 heteroatoms. The zero-order valence-corrected chi connectivity index (χ0v) is 22.6. The molecule has 2 heterocycles. The molecule has 1 aliphatic rings. The van der Waals surface area contributed by atoms with Crippen LogP contribution in [-0.2, 0) is 11.3 Å². The van der Waals surface area contributed by atoms with E-state index in [1.165, 1.54) is 0 Å². The van der Waals surface area contributed by atoms with Crippen molar-refractivity contribution < 1.29 is 14.6 Å². The number of methoxy groups -OCH3 is 1. The van der Waals surface area contributed by atoms with Crippen LogP contribution in [0.2, 0.25) is 0 Å². The SMILES string of the molecule is CC[C@H](O)[C@@]1(N(CC(C)C)C(=O)c2nc3ccccc3n2CCCCOC)CCCNC1.Cl.Cl. The monoisotopic (exact) mass is 516 g/mol. The number of hydrogen-bond acceptors (Lipinski definition) is 5. The smallest absolute Gasteiger partial charge is 0.290 e. The van der Waals surface area contributed by atoms with Crippen LogP contribution >= 0.6 is 24.8 Å². The molecule has 0 unspecified atom stereocenters. The normalized spacial score (nSPS) is 18.9. The van der Waals surface area contributed by atoms with Gasteiger partial charge < -0.3 is 24.6 Å². The average molecular weight is 518 g/mol. The first kappa shape index (κ1) is 30.7. The van der Waals surface area contributed by atoms with Gasteiger partial charge in [0.1, 0.15) is 0 Å². The van der Waals surface area contributed by atoms with Crippen LogP contribution in [0.15, 0.2) is 24.3 Å². The number of ether oxygens (including phenoxy) is 1. The number of halogens is 2. The minimum atomic E-state index is -0.618. The van der Waals surface area contributed by atoms with E-state index in [4.69, 9.17) is 9.72 Å². The van der Waals surface area contributed by atoms with E-state index in [-0.39, 0.29) is 36.6 Å². The molecule has 3 rings (SSSR count). The maximum atomic E-state index is 14.2. The Bertz CT molecular complexity index is 884. The highest BCUT2D eigenvalue weighted by Gasteiger charge is 2.47. The largest absolute Gasteiger partial charge is 0.391 e. The summed E-state index contributed by atoms with van der Waals surface area (Å²) in [6, 6.07) is 7.94. The molecule has 1 amide bonds. The maximum Gasteiger partial charge on any atom is 0.290 e. The number of nitrogens with one attached hydrogen (secondary N) is 1. The molecule has 0 aliphatic carbocycles. The van der Waals surface area contributed by atoms with Gasteiger partial charge in [0.2, 0.25) is 0 Å². The highest BCUT2D eigenvalue weighted by Crippen LogP contribution is 2.32. The Morgan fingerprint density at radius 2 is 2.03 bits per heavy atom. The number of rotatable bonds is 11. The van der Waals surface area contributed by atoms with Gasteiger partial charge in [-0.2, -0.15) is 0 Å². The molecule has 0 saturated carbocycles. The van der Waals surface area contributed by atoms with Crippen molar-refractivity contribution in [3.8, 4) is 0 Å². The van der Waals surface area contributed by atoms with Crippen LogP contribution in [0.25, 0.3) is 11.0 Å². The van der Waals surface area contributed by atoms with Crippen LogP contribution in [0.5, 0.6) is 0 Å². The van der Waals surface area contributed by atoms with Crippen molar-refractivity contribution in [2.45, 2.75) is 71.1 Å². The van der Waals surface area contributed by atoms with Gasteiger partial charge in [-0.05, 0) is 56.7 Å². The number of piperidine rings is 1. The number of amides is 1. The lowest BCUT2D eigenvalue weighted by Gasteiger charge is -2.49. The fourth-order valence-corrected chi connectivity index (χ4v) is 4.92. The zero-order chi connectivity index (χ0) is 23.1. The molecule has 0 radical (unpaired) electrons. The minimum absolute atomic E-state index is 0. The van der Waals surface area contributed by atoms with Crippen molar-refractivity contribution in [1.29, 1.82) is 0 Å².